The molecule has 0 aromatic carbocycles. The summed E-state index contributed by atoms with van der Waals surface area (Å²) >= 11 is 3.42. The molecule has 86 valence electrons. The van der Waals surface area contributed by atoms with Crippen molar-refractivity contribution in [3.8, 4) is 0 Å². The molecular weight excluding hydrogens is 258 g/mol. The first-order valence-corrected chi connectivity index (χ1v) is 6.69. The van der Waals surface area contributed by atoms with Crippen LogP contribution in [0, 0.1) is 0 Å². The van der Waals surface area contributed by atoms with Gasteiger partial charge in [-0.05, 0) is 32.1 Å². The SMILES string of the molecule is CCC(Br)C(=O)N1C2CCC1CC(O)C2. The van der Waals surface area contributed by atoms with E-state index in [0.29, 0.717) is 0 Å². The smallest absolute Gasteiger partial charge is 0.236 e. The highest BCUT2D eigenvalue weighted by molar-refractivity contribution is 9.10. The summed E-state index contributed by atoms with van der Waals surface area (Å²) in [7, 11) is 0. The number of piperidine rings is 1. The fraction of sp³-hybridized carbons (Fsp3) is 0.909. The summed E-state index contributed by atoms with van der Waals surface area (Å²) in [5.41, 5.74) is 0. The Labute approximate surface area is 99.0 Å². The number of carbonyl (C=O) groups is 1. The van der Waals surface area contributed by atoms with Crippen molar-refractivity contribution in [2.45, 2.75) is 62.0 Å². The molecule has 2 fully saturated rings. The van der Waals surface area contributed by atoms with E-state index in [1.165, 1.54) is 0 Å². The fourth-order valence-electron chi connectivity index (χ4n) is 2.84. The first kappa shape index (κ1) is 11.4. The van der Waals surface area contributed by atoms with E-state index in [-0.39, 0.29) is 28.9 Å². The van der Waals surface area contributed by atoms with Crippen LogP contribution in [0.5, 0.6) is 0 Å². The lowest BCUT2D eigenvalue weighted by atomic mass is 9.99. The van der Waals surface area contributed by atoms with E-state index in [9.17, 15) is 9.90 Å². The fourth-order valence-corrected chi connectivity index (χ4v) is 3.08. The van der Waals surface area contributed by atoms with Crippen molar-refractivity contribution in [3.63, 3.8) is 0 Å². The molecule has 2 aliphatic heterocycles. The van der Waals surface area contributed by atoms with Crippen molar-refractivity contribution in [2.24, 2.45) is 0 Å². The van der Waals surface area contributed by atoms with Gasteiger partial charge in [-0.1, -0.05) is 22.9 Å². The summed E-state index contributed by atoms with van der Waals surface area (Å²) < 4.78 is 0. The van der Waals surface area contributed by atoms with Crippen LogP contribution in [0.15, 0.2) is 0 Å². The molecule has 0 radical (unpaired) electrons. The minimum absolute atomic E-state index is 0.0455. The van der Waals surface area contributed by atoms with Gasteiger partial charge >= 0.3 is 0 Å². The summed E-state index contributed by atoms with van der Waals surface area (Å²) in [5.74, 6) is 0.219. The van der Waals surface area contributed by atoms with Crippen molar-refractivity contribution in [1.29, 1.82) is 0 Å². The number of amides is 1. The van der Waals surface area contributed by atoms with E-state index in [2.05, 4.69) is 15.9 Å². The third-order valence-corrected chi connectivity index (χ3v) is 4.63. The summed E-state index contributed by atoms with van der Waals surface area (Å²) in [6.07, 6.45) is 4.31. The second-order valence-corrected chi connectivity index (χ2v) is 5.74. The third kappa shape index (κ3) is 2.07. The largest absolute Gasteiger partial charge is 0.393 e. The summed E-state index contributed by atoms with van der Waals surface area (Å²) in [6, 6.07) is 0.579. The number of rotatable bonds is 2. The molecule has 15 heavy (non-hydrogen) atoms. The number of hydrogen-bond acceptors (Lipinski definition) is 2. The Morgan fingerprint density at radius 3 is 2.47 bits per heavy atom. The third-order valence-electron chi connectivity index (χ3n) is 3.59. The molecule has 1 N–H and O–H groups in total. The number of hydrogen-bond donors (Lipinski definition) is 1. The summed E-state index contributed by atoms with van der Waals surface area (Å²) in [6.45, 7) is 2.01. The zero-order valence-electron chi connectivity index (χ0n) is 9.03. The molecular formula is C11H18BrNO2. The lowest BCUT2D eigenvalue weighted by molar-refractivity contribution is -0.136. The normalized spacial score (nSPS) is 36.7. The molecule has 2 rings (SSSR count). The second-order valence-electron chi connectivity index (χ2n) is 4.63. The molecule has 2 bridgehead atoms. The van der Waals surface area contributed by atoms with Crippen LogP contribution in [0.2, 0.25) is 0 Å². The maximum Gasteiger partial charge on any atom is 0.236 e. The van der Waals surface area contributed by atoms with E-state index in [0.717, 1.165) is 32.1 Å². The Bertz CT molecular complexity index is 245. The molecule has 0 aliphatic carbocycles. The number of carbonyl (C=O) groups excluding carboxylic acids is 1. The van der Waals surface area contributed by atoms with Crippen molar-refractivity contribution >= 4 is 21.8 Å². The number of aliphatic hydroxyl groups excluding tert-OH is 1. The van der Waals surface area contributed by atoms with E-state index in [1.54, 1.807) is 0 Å². The van der Waals surface area contributed by atoms with Gasteiger partial charge in [0.2, 0.25) is 5.91 Å². The van der Waals surface area contributed by atoms with Crippen LogP contribution in [0.1, 0.15) is 39.0 Å². The zero-order chi connectivity index (χ0) is 11.0. The van der Waals surface area contributed by atoms with Crippen LogP contribution < -0.4 is 0 Å². The molecule has 3 unspecified atom stereocenters. The molecule has 2 heterocycles. The van der Waals surface area contributed by atoms with E-state index in [4.69, 9.17) is 0 Å². The van der Waals surface area contributed by atoms with Gasteiger partial charge < -0.3 is 10.0 Å². The van der Waals surface area contributed by atoms with Gasteiger partial charge in [-0.15, -0.1) is 0 Å². The Kier molecular flexibility index (Phi) is 3.36. The zero-order valence-corrected chi connectivity index (χ0v) is 10.6. The first-order valence-electron chi connectivity index (χ1n) is 5.77. The van der Waals surface area contributed by atoms with Crippen LogP contribution in [0.3, 0.4) is 0 Å². The lowest BCUT2D eigenvalue weighted by Crippen LogP contribution is -2.50. The average molecular weight is 276 g/mol. The average Bonchev–Trinajstić information content (AvgIpc) is 2.49. The quantitative estimate of drug-likeness (QED) is 0.779. The Morgan fingerprint density at radius 2 is 2.00 bits per heavy atom. The van der Waals surface area contributed by atoms with Crippen molar-refractivity contribution in [1.82, 2.24) is 4.90 Å². The first-order chi connectivity index (χ1) is 7.13. The van der Waals surface area contributed by atoms with Gasteiger partial charge in [0, 0.05) is 12.1 Å². The molecule has 4 heteroatoms. The van der Waals surface area contributed by atoms with Crippen LogP contribution in [0.4, 0.5) is 0 Å². The molecule has 0 saturated carbocycles. The Balaban J connectivity index is 2.08. The van der Waals surface area contributed by atoms with Gasteiger partial charge in [-0.3, -0.25) is 4.79 Å². The van der Waals surface area contributed by atoms with E-state index >= 15 is 0 Å². The minimum Gasteiger partial charge on any atom is -0.393 e. The number of alkyl halides is 1. The van der Waals surface area contributed by atoms with Crippen molar-refractivity contribution in [2.75, 3.05) is 0 Å². The minimum atomic E-state index is -0.193. The number of nitrogens with zero attached hydrogens (tertiary/aromatic N) is 1. The van der Waals surface area contributed by atoms with Gasteiger partial charge in [0.05, 0.1) is 10.9 Å². The predicted octanol–water partition coefficient (Wildman–Crippen LogP) is 1.67. The predicted molar refractivity (Wildman–Crippen MR) is 61.9 cm³/mol. The van der Waals surface area contributed by atoms with E-state index in [1.807, 2.05) is 11.8 Å². The van der Waals surface area contributed by atoms with Crippen LogP contribution in [0.25, 0.3) is 0 Å². The van der Waals surface area contributed by atoms with Gasteiger partial charge in [0.1, 0.15) is 0 Å². The molecule has 0 aromatic heterocycles. The van der Waals surface area contributed by atoms with E-state index < -0.39 is 0 Å². The van der Waals surface area contributed by atoms with Crippen LogP contribution >= 0.6 is 15.9 Å². The van der Waals surface area contributed by atoms with Crippen molar-refractivity contribution in [3.05, 3.63) is 0 Å². The number of aliphatic hydroxyl groups is 1. The number of fused-ring (bicyclic) bond motifs is 2. The molecule has 0 aromatic rings. The van der Waals surface area contributed by atoms with Gasteiger partial charge in [0.15, 0.2) is 0 Å². The molecule has 0 spiro atoms. The van der Waals surface area contributed by atoms with Crippen LogP contribution in [-0.2, 0) is 4.79 Å². The number of halogens is 1. The molecule has 3 nitrogen and oxygen atoms in total. The lowest BCUT2D eigenvalue weighted by Gasteiger charge is -2.38. The maximum atomic E-state index is 12.1. The highest BCUT2D eigenvalue weighted by atomic mass is 79.9. The highest BCUT2D eigenvalue weighted by Crippen LogP contribution is 2.36. The standard InChI is InChI=1S/C11H18BrNO2/c1-2-10(12)11(15)13-7-3-4-8(13)6-9(14)5-7/h7-10,14H,2-6H2,1H3. The van der Waals surface area contributed by atoms with Crippen molar-refractivity contribution < 1.29 is 9.90 Å². The van der Waals surface area contributed by atoms with Gasteiger partial charge in [-0.25, -0.2) is 0 Å². The monoisotopic (exact) mass is 275 g/mol. The Morgan fingerprint density at radius 1 is 1.47 bits per heavy atom. The Hall–Kier alpha value is -0.0900. The van der Waals surface area contributed by atoms with Gasteiger partial charge in [0.25, 0.3) is 0 Å². The summed E-state index contributed by atoms with van der Waals surface area (Å²) in [4.78, 5) is 14.1. The topological polar surface area (TPSA) is 40.5 Å². The molecule has 3 atom stereocenters. The summed E-state index contributed by atoms with van der Waals surface area (Å²) in [5, 5.41) is 9.64. The molecule has 1 amide bonds. The van der Waals surface area contributed by atoms with Crippen LogP contribution in [-0.4, -0.2) is 38.9 Å². The molecule has 2 aliphatic rings. The highest BCUT2D eigenvalue weighted by Gasteiger charge is 2.43. The second kappa shape index (κ2) is 4.42. The van der Waals surface area contributed by atoms with Gasteiger partial charge in [-0.2, -0.15) is 0 Å². The molecule has 2 saturated heterocycles. The maximum absolute atomic E-state index is 12.1.